The van der Waals surface area contributed by atoms with Gasteiger partial charge in [-0.2, -0.15) is 0 Å². The summed E-state index contributed by atoms with van der Waals surface area (Å²) in [5.74, 6) is 0. The van der Waals surface area contributed by atoms with Crippen LogP contribution in [-0.4, -0.2) is 6.29 Å². The SMILES string of the molecule is Nc1cc2scc(CBr)c2cc1C=O. The fourth-order valence-corrected chi connectivity index (χ4v) is 3.03. The minimum absolute atomic E-state index is 0.551. The zero-order valence-corrected chi connectivity index (χ0v) is 9.69. The highest BCUT2D eigenvalue weighted by molar-refractivity contribution is 9.08. The Labute approximate surface area is 93.9 Å². The number of aldehydes is 1. The van der Waals surface area contributed by atoms with Gasteiger partial charge in [0.25, 0.3) is 0 Å². The van der Waals surface area contributed by atoms with E-state index in [-0.39, 0.29) is 0 Å². The average Bonchev–Trinajstić information content (AvgIpc) is 2.58. The Bertz CT molecular complexity index is 492. The molecule has 0 bridgehead atoms. The van der Waals surface area contributed by atoms with Crippen molar-refractivity contribution in [1.82, 2.24) is 0 Å². The fourth-order valence-electron chi connectivity index (χ4n) is 1.36. The van der Waals surface area contributed by atoms with Crippen LogP contribution in [0.5, 0.6) is 0 Å². The molecule has 0 saturated heterocycles. The lowest BCUT2D eigenvalue weighted by atomic mass is 10.1. The van der Waals surface area contributed by atoms with Crippen LogP contribution in [0.25, 0.3) is 10.1 Å². The summed E-state index contributed by atoms with van der Waals surface area (Å²) in [5, 5.41) is 3.99. The van der Waals surface area contributed by atoms with Gasteiger partial charge >= 0.3 is 0 Å². The summed E-state index contributed by atoms with van der Waals surface area (Å²) in [5.41, 5.74) is 8.03. The Morgan fingerprint density at radius 3 is 2.93 bits per heavy atom. The molecule has 2 N–H and O–H groups in total. The zero-order chi connectivity index (χ0) is 10.1. The molecular weight excluding hydrogens is 262 g/mol. The van der Waals surface area contributed by atoms with Crippen molar-refractivity contribution < 1.29 is 4.79 Å². The highest BCUT2D eigenvalue weighted by Gasteiger charge is 2.06. The van der Waals surface area contributed by atoms with Gasteiger partial charge in [-0.25, -0.2) is 0 Å². The van der Waals surface area contributed by atoms with Crippen LogP contribution in [-0.2, 0) is 5.33 Å². The number of hydrogen-bond donors (Lipinski definition) is 1. The maximum absolute atomic E-state index is 10.7. The number of fused-ring (bicyclic) bond motifs is 1. The van der Waals surface area contributed by atoms with Gasteiger partial charge in [-0.3, -0.25) is 4.79 Å². The molecule has 1 heterocycles. The Morgan fingerprint density at radius 1 is 1.50 bits per heavy atom. The number of benzene rings is 1. The molecule has 0 aliphatic heterocycles. The van der Waals surface area contributed by atoms with Gasteiger partial charge in [0.2, 0.25) is 0 Å². The molecule has 0 aliphatic carbocycles. The minimum atomic E-state index is 0.551. The van der Waals surface area contributed by atoms with E-state index in [1.165, 1.54) is 5.56 Å². The molecule has 14 heavy (non-hydrogen) atoms. The van der Waals surface area contributed by atoms with Crippen molar-refractivity contribution in [2.24, 2.45) is 0 Å². The Kier molecular flexibility index (Phi) is 2.56. The molecule has 0 spiro atoms. The molecule has 0 aliphatic rings. The molecule has 1 aromatic carbocycles. The van der Waals surface area contributed by atoms with E-state index in [1.54, 1.807) is 11.3 Å². The van der Waals surface area contributed by atoms with Gasteiger partial charge < -0.3 is 5.73 Å². The number of hydrogen-bond acceptors (Lipinski definition) is 3. The number of nitrogens with two attached hydrogens (primary N) is 1. The maximum atomic E-state index is 10.7. The predicted octanol–water partition coefficient (Wildman–Crippen LogP) is 3.19. The van der Waals surface area contributed by atoms with Crippen LogP contribution in [0.15, 0.2) is 17.5 Å². The van der Waals surface area contributed by atoms with Crippen LogP contribution in [0.2, 0.25) is 0 Å². The Morgan fingerprint density at radius 2 is 2.29 bits per heavy atom. The van der Waals surface area contributed by atoms with E-state index in [2.05, 4.69) is 21.3 Å². The van der Waals surface area contributed by atoms with Gasteiger partial charge in [0.05, 0.1) is 0 Å². The van der Waals surface area contributed by atoms with Crippen LogP contribution in [0.3, 0.4) is 0 Å². The summed E-state index contributed by atoms with van der Waals surface area (Å²) >= 11 is 5.06. The normalized spacial score (nSPS) is 10.6. The van der Waals surface area contributed by atoms with Crippen molar-refractivity contribution in [2.45, 2.75) is 5.33 Å². The van der Waals surface area contributed by atoms with Gasteiger partial charge in [0.1, 0.15) is 0 Å². The third-order valence-electron chi connectivity index (χ3n) is 2.13. The number of anilines is 1. The molecule has 72 valence electrons. The lowest BCUT2D eigenvalue weighted by molar-refractivity contribution is 0.112. The fraction of sp³-hybridized carbons (Fsp3) is 0.100. The van der Waals surface area contributed by atoms with Gasteiger partial charge in [0.15, 0.2) is 6.29 Å². The van der Waals surface area contributed by atoms with Crippen LogP contribution >= 0.6 is 27.3 Å². The Balaban J connectivity index is 2.76. The predicted molar refractivity (Wildman–Crippen MR) is 64.3 cm³/mol. The maximum Gasteiger partial charge on any atom is 0.152 e. The van der Waals surface area contributed by atoms with Crippen molar-refractivity contribution in [3.05, 3.63) is 28.6 Å². The lowest BCUT2D eigenvalue weighted by Crippen LogP contribution is -1.91. The van der Waals surface area contributed by atoms with E-state index in [9.17, 15) is 4.79 Å². The summed E-state index contributed by atoms with van der Waals surface area (Å²) < 4.78 is 1.13. The van der Waals surface area contributed by atoms with E-state index in [0.717, 1.165) is 21.7 Å². The number of carbonyl (C=O) groups is 1. The molecule has 2 nitrogen and oxygen atoms in total. The molecule has 4 heteroatoms. The van der Waals surface area contributed by atoms with Crippen LogP contribution in [0.4, 0.5) is 5.69 Å². The molecule has 0 amide bonds. The number of rotatable bonds is 2. The topological polar surface area (TPSA) is 43.1 Å². The first kappa shape index (κ1) is 9.68. The Hall–Kier alpha value is -0.870. The van der Waals surface area contributed by atoms with E-state index >= 15 is 0 Å². The third kappa shape index (κ3) is 1.44. The number of nitrogen functional groups attached to an aromatic ring is 1. The molecule has 2 rings (SSSR count). The second kappa shape index (κ2) is 3.71. The minimum Gasteiger partial charge on any atom is -0.398 e. The number of alkyl halides is 1. The van der Waals surface area contributed by atoms with Crippen molar-refractivity contribution in [2.75, 3.05) is 5.73 Å². The lowest BCUT2D eigenvalue weighted by Gasteiger charge is -1.99. The highest BCUT2D eigenvalue weighted by Crippen LogP contribution is 2.30. The second-order valence-corrected chi connectivity index (χ2v) is 4.46. The summed E-state index contributed by atoms with van der Waals surface area (Å²) in [6, 6.07) is 3.71. The standard InChI is InChI=1S/C10H8BrNOS/c11-3-7-5-14-10-2-9(12)6(4-13)1-8(7)10/h1-2,4-5H,3,12H2. The van der Waals surface area contributed by atoms with Crippen LogP contribution < -0.4 is 5.73 Å². The average molecular weight is 270 g/mol. The quantitative estimate of drug-likeness (QED) is 0.517. The smallest absolute Gasteiger partial charge is 0.152 e. The van der Waals surface area contributed by atoms with Gasteiger partial charge in [-0.05, 0) is 28.5 Å². The first-order valence-corrected chi connectivity index (χ1v) is 6.07. The molecule has 1 aromatic heterocycles. The van der Waals surface area contributed by atoms with Crippen LogP contribution in [0.1, 0.15) is 15.9 Å². The molecule has 0 unspecified atom stereocenters. The molecular formula is C10H8BrNOS. The molecule has 0 atom stereocenters. The number of carbonyl (C=O) groups excluding carboxylic acids is 1. The first-order chi connectivity index (χ1) is 6.76. The van der Waals surface area contributed by atoms with E-state index < -0.39 is 0 Å². The summed E-state index contributed by atoms with van der Waals surface area (Å²) in [6.07, 6.45) is 0.796. The molecule has 0 saturated carbocycles. The summed E-state index contributed by atoms with van der Waals surface area (Å²) in [7, 11) is 0. The van der Waals surface area contributed by atoms with Crippen LogP contribution in [0, 0.1) is 0 Å². The van der Waals surface area contributed by atoms with E-state index in [4.69, 9.17) is 5.73 Å². The van der Waals surface area contributed by atoms with Gasteiger partial charge in [-0.15, -0.1) is 11.3 Å². The molecule has 2 aromatic rings. The van der Waals surface area contributed by atoms with E-state index in [1.807, 2.05) is 12.1 Å². The van der Waals surface area contributed by atoms with E-state index in [0.29, 0.717) is 11.3 Å². The van der Waals surface area contributed by atoms with Crippen molar-refractivity contribution >= 4 is 49.3 Å². The largest absolute Gasteiger partial charge is 0.398 e. The highest BCUT2D eigenvalue weighted by atomic mass is 79.9. The first-order valence-electron chi connectivity index (χ1n) is 4.07. The second-order valence-electron chi connectivity index (χ2n) is 2.99. The number of thiophene rings is 1. The van der Waals surface area contributed by atoms with Crippen molar-refractivity contribution in [3.63, 3.8) is 0 Å². The molecule has 0 radical (unpaired) electrons. The summed E-state index contributed by atoms with van der Waals surface area (Å²) in [4.78, 5) is 10.7. The zero-order valence-electron chi connectivity index (χ0n) is 7.29. The van der Waals surface area contributed by atoms with Gasteiger partial charge in [0, 0.05) is 21.3 Å². The monoisotopic (exact) mass is 269 g/mol. The molecule has 0 fully saturated rings. The van der Waals surface area contributed by atoms with Crippen molar-refractivity contribution in [3.8, 4) is 0 Å². The summed E-state index contributed by atoms with van der Waals surface area (Å²) in [6.45, 7) is 0. The van der Waals surface area contributed by atoms with Gasteiger partial charge in [-0.1, -0.05) is 15.9 Å². The number of halogens is 1. The van der Waals surface area contributed by atoms with Crippen molar-refractivity contribution in [1.29, 1.82) is 0 Å². The third-order valence-corrected chi connectivity index (χ3v) is 3.73.